The summed E-state index contributed by atoms with van der Waals surface area (Å²) in [6.07, 6.45) is -0.0896. The molecule has 1 atom stereocenters. The second kappa shape index (κ2) is 10.0. The van der Waals surface area contributed by atoms with E-state index in [4.69, 9.17) is 11.6 Å². The zero-order valence-corrected chi connectivity index (χ0v) is 17.5. The molecule has 8 nitrogen and oxygen atoms in total. The van der Waals surface area contributed by atoms with Crippen molar-refractivity contribution in [3.63, 3.8) is 0 Å². The van der Waals surface area contributed by atoms with Crippen LogP contribution in [-0.2, 0) is 14.4 Å². The van der Waals surface area contributed by atoms with E-state index in [2.05, 4.69) is 27.4 Å². The second-order valence-corrected chi connectivity index (χ2v) is 7.80. The molecule has 3 rings (SSSR count). The van der Waals surface area contributed by atoms with Crippen LogP contribution in [0.25, 0.3) is 0 Å². The SMILES string of the molecule is CCN1CCN(CC(=O)N2CCNC(=O)C2CC(=O)Nc2cccc(Cl)c2)CC1. The molecule has 2 N–H and O–H groups in total. The van der Waals surface area contributed by atoms with Crippen LogP contribution >= 0.6 is 11.6 Å². The van der Waals surface area contributed by atoms with Crippen LogP contribution in [0.5, 0.6) is 0 Å². The second-order valence-electron chi connectivity index (χ2n) is 7.37. The van der Waals surface area contributed by atoms with E-state index in [9.17, 15) is 14.4 Å². The Morgan fingerprint density at radius 2 is 1.90 bits per heavy atom. The molecule has 3 amide bonds. The standard InChI is InChI=1S/C20H28ClN5O3/c1-2-24-8-10-25(11-9-24)14-19(28)26-7-6-22-20(29)17(26)13-18(27)23-16-5-3-4-15(21)12-16/h3-5,12,17H,2,6-11,13-14H2,1H3,(H,22,29)(H,23,27). The quantitative estimate of drug-likeness (QED) is 0.704. The summed E-state index contributed by atoms with van der Waals surface area (Å²) < 4.78 is 0. The van der Waals surface area contributed by atoms with Crippen molar-refractivity contribution in [2.45, 2.75) is 19.4 Å². The first-order valence-electron chi connectivity index (χ1n) is 10.0. The molecule has 158 valence electrons. The van der Waals surface area contributed by atoms with Gasteiger partial charge >= 0.3 is 0 Å². The molecule has 2 fully saturated rings. The minimum absolute atomic E-state index is 0.0896. The van der Waals surface area contributed by atoms with Gasteiger partial charge in [-0.3, -0.25) is 19.3 Å². The first kappa shape index (κ1) is 21.5. The fourth-order valence-corrected chi connectivity index (χ4v) is 3.91. The average molecular weight is 422 g/mol. The number of hydrogen-bond acceptors (Lipinski definition) is 5. The Balaban J connectivity index is 1.58. The number of carbonyl (C=O) groups excluding carboxylic acids is 3. The third-order valence-electron chi connectivity index (χ3n) is 5.41. The molecule has 1 unspecified atom stereocenters. The van der Waals surface area contributed by atoms with Gasteiger partial charge in [0.25, 0.3) is 0 Å². The summed E-state index contributed by atoms with van der Waals surface area (Å²) in [6, 6.07) is 6.02. The highest BCUT2D eigenvalue weighted by molar-refractivity contribution is 6.30. The van der Waals surface area contributed by atoms with Crippen LogP contribution in [-0.4, -0.2) is 90.8 Å². The summed E-state index contributed by atoms with van der Waals surface area (Å²) >= 11 is 5.94. The van der Waals surface area contributed by atoms with E-state index in [1.54, 1.807) is 29.2 Å². The summed E-state index contributed by atoms with van der Waals surface area (Å²) in [4.78, 5) is 43.8. The lowest BCUT2D eigenvalue weighted by molar-refractivity contribution is -0.145. The summed E-state index contributed by atoms with van der Waals surface area (Å²) in [5.41, 5.74) is 0.561. The third kappa shape index (κ3) is 5.91. The van der Waals surface area contributed by atoms with Gasteiger partial charge in [0.2, 0.25) is 17.7 Å². The fourth-order valence-electron chi connectivity index (χ4n) is 3.72. The molecule has 0 aromatic heterocycles. The molecule has 2 saturated heterocycles. The maximum Gasteiger partial charge on any atom is 0.243 e. The van der Waals surface area contributed by atoms with Crippen LogP contribution < -0.4 is 10.6 Å². The van der Waals surface area contributed by atoms with Gasteiger partial charge in [0, 0.05) is 50.0 Å². The van der Waals surface area contributed by atoms with Gasteiger partial charge in [-0.15, -0.1) is 0 Å². The summed E-state index contributed by atoms with van der Waals surface area (Å²) in [7, 11) is 0. The van der Waals surface area contributed by atoms with Crippen molar-refractivity contribution in [2.75, 3.05) is 57.7 Å². The van der Waals surface area contributed by atoms with Crippen molar-refractivity contribution in [1.29, 1.82) is 0 Å². The lowest BCUT2D eigenvalue weighted by atomic mass is 10.1. The lowest BCUT2D eigenvalue weighted by Gasteiger charge is -2.38. The van der Waals surface area contributed by atoms with Crippen LogP contribution in [0.3, 0.4) is 0 Å². The van der Waals surface area contributed by atoms with Crippen LogP contribution in [0, 0.1) is 0 Å². The van der Waals surface area contributed by atoms with Gasteiger partial charge in [0.05, 0.1) is 13.0 Å². The predicted octanol–water partition coefficient (Wildman–Crippen LogP) is 0.633. The number of piperazine rings is 2. The van der Waals surface area contributed by atoms with Crippen molar-refractivity contribution in [2.24, 2.45) is 0 Å². The minimum Gasteiger partial charge on any atom is -0.353 e. The topological polar surface area (TPSA) is 85.0 Å². The molecule has 0 bridgehead atoms. The first-order valence-corrected chi connectivity index (χ1v) is 10.4. The largest absolute Gasteiger partial charge is 0.353 e. The van der Waals surface area contributed by atoms with Gasteiger partial charge in [-0.25, -0.2) is 0 Å². The van der Waals surface area contributed by atoms with Crippen LogP contribution in [0.2, 0.25) is 5.02 Å². The highest BCUT2D eigenvalue weighted by Crippen LogP contribution is 2.17. The van der Waals surface area contributed by atoms with E-state index in [0.29, 0.717) is 23.8 Å². The van der Waals surface area contributed by atoms with E-state index >= 15 is 0 Å². The van der Waals surface area contributed by atoms with Crippen molar-refractivity contribution >= 4 is 35.0 Å². The Morgan fingerprint density at radius 1 is 1.17 bits per heavy atom. The molecule has 1 aromatic rings. The van der Waals surface area contributed by atoms with Gasteiger partial charge in [-0.2, -0.15) is 0 Å². The van der Waals surface area contributed by atoms with Gasteiger partial charge in [0.15, 0.2) is 0 Å². The number of likely N-dealkylation sites (N-methyl/N-ethyl adjacent to an activating group) is 1. The molecule has 0 spiro atoms. The molecule has 0 aliphatic carbocycles. The number of hydrogen-bond donors (Lipinski definition) is 2. The van der Waals surface area contributed by atoms with Crippen LogP contribution in [0.15, 0.2) is 24.3 Å². The van der Waals surface area contributed by atoms with Gasteiger partial charge in [0.1, 0.15) is 6.04 Å². The molecule has 2 aliphatic rings. The fraction of sp³-hybridized carbons (Fsp3) is 0.550. The van der Waals surface area contributed by atoms with Gasteiger partial charge in [-0.1, -0.05) is 24.6 Å². The monoisotopic (exact) mass is 421 g/mol. The molecule has 0 radical (unpaired) electrons. The van der Waals surface area contributed by atoms with E-state index in [1.165, 1.54) is 0 Å². The number of nitrogens with one attached hydrogen (secondary N) is 2. The average Bonchev–Trinajstić information content (AvgIpc) is 2.70. The molecular weight excluding hydrogens is 394 g/mol. The highest BCUT2D eigenvalue weighted by Gasteiger charge is 2.35. The number of benzene rings is 1. The van der Waals surface area contributed by atoms with E-state index < -0.39 is 6.04 Å². The lowest BCUT2D eigenvalue weighted by Crippen LogP contribution is -2.60. The van der Waals surface area contributed by atoms with E-state index in [0.717, 1.165) is 32.7 Å². The predicted molar refractivity (Wildman–Crippen MR) is 112 cm³/mol. The molecule has 1 aromatic carbocycles. The van der Waals surface area contributed by atoms with Gasteiger partial charge < -0.3 is 20.4 Å². The Morgan fingerprint density at radius 3 is 2.59 bits per heavy atom. The molecule has 0 saturated carbocycles. The molecule has 9 heteroatoms. The smallest absolute Gasteiger partial charge is 0.243 e. The number of nitrogens with zero attached hydrogens (tertiary/aromatic N) is 3. The molecule has 2 aliphatic heterocycles. The summed E-state index contributed by atoms with van der Waals surface area (Å²) in [6.45, 7) is 7.78. The Kier molecular flexibility index (Phi) is 7.46. The van der Waals surface area contributed by atoms with Crippen LogP contribution in [0.4, 0.5) is 5.69 Å². The third-order valence-corrected chi connectivity index (χ3v) is 5.64. The molecule has 2 heterocycles. The Bertz CT molecular complexity index is 751. The number of halogens is 1. The molecule has 29 heavy (non-hydrogen) atoms. The number of rotatable bonds is 6. The normalized spacial score (nSPS) is 21.0. The van der Waals surface area contributed by atoms with Crippen molar-refractivity contribution < 1.29 is 14.4 Å². The number of anilines is 1. The summed E-state index contributed by atoms with van der Waals surface area (Å²) in [5.74, 6) is -0.726. The zero-order chi connectivity index (χ0) is 20.8. The van der Waals surface area contributed by atoms with E-state index in [-0.39, 0.29) is 30.7 Å². The van der Waals surface area contributed by atoms with Crippen LogP contribution in [0.1, 0.15) is 13.3 Å². The van der Waals surface area contributed by atoms with Crippen molar-refractivity contribution in [3.05, 3.63) is 29.3 Å². The number of carbonyl (C=O) groups is 3. The Labute approximate surface area is 176 Å². The van der Waals surface area contributed by atoms with E-state index in [1.807, 2.05) is 0 Å². The maximum atomic E-state index is 12.9. The zero-order valence-electron chi connectivity index (χ0n) is 16.7. The minimum atomic E-state index is -0.799. The van der Waals surface area contributed by atoms with Gasteiger partial charge in [-0.05, 0) is 24.7 Å². The number of amides is 3. The summed E-state index contributed by atoms with van der Waals surface area (Å²) in [5, 5.41) is 6.02. The molecular formula is C20H28ClN5O3. The Hall–Kier alpha value is -2.16. The highest BCUT2D eigenvalue weighted by atomic mass is 35.5. The maximum absolute atomic E-state index is 12.9. The first-order chi connectivity index (χ1) is 14.0. The van der Waals surface area contributed by atoms with Crippen molar-refractivity contribution in [3.8, 4) is 0 Å². The van der Waals surface area contributed by atoms with Crippen molar-refractivity contribution in [1.82, 2.24) is 20.0 Å².